The molecule has 2 N–H and O–H groups in total. The third-order valence-electron chi connectivity index (χ3n) is 3.56. The van der Waals surface area contributed by atoms with Crippen molar-refractivity contribution < 1.29 is 9.53 Å². The molecule has 7 heteroatoms. The van der Waals surface area contributed by atoms with Gasteiger partial charge in [-0.2, -0.15) is 0 Å². The molecule has 1 amide bonds. The Morgan fingerprint density at radius 1 is 1.39 bits per heavy atom. The van der Waals surface area contributed by atoms with E-state index >= 15 is 0 Å². The standard InChI is InChI=1S/C16H19N3O2S.ClH/c20-15(8-13-10-21-7-6-17-13)18-9-14-16(19-11-22-14)12-4-2-1-3-5-12;/h1-5,11,13,17H,6-10H2,(H,18,20);1H. The van der Waals surface area contributed by atoms with Crippen LogP contribution in [0.25, 0.3) is 11.3 Å². The van der Waals surface area contributed by atoms with Crippen molar-refractivity contribution in [3.63, 3.8) is 0 Å². The number of nitrogens with zero attached hydrogens (tertiary/aromatic N) is 1. The molecule has 0 saturated carbocycles. The van der Waals surface area contributed by atoms with Crippen molar-refractivity contribution in [2.24, 2.45) is 0 Å². The van der Waals surface area contributed by atoms with Gasteiger partial charge in [-0.15, -0.1) is 23.7 Å². The Balaban J connectivity index is 0.00000192. The van der Waals surface area contributed by atoms with E-state index in [0.717, 1.165) is 29.3 Å². The molecule has 1 aromatic heterocycles. The van der Waals surface area contributed by atoms with Crippen LogP contribution in [0.3, 0.4) is 0 Å². The number of carbonyl (C=O) groups is 1. The summed E-state index contributed by atoms with van der Waals surface area (Å²) in [4.78, 5) is 17.5. The van der Waals surface area contributed by atoms with Crippen LogP contribution in [-0.4, -0.2) is 36.7 Å². The summed E-state index contributed by atoms with van der Waals surface area (Å²) in [5.74, 6) is 0.0374. The maximum atomic E-state index is 12.0. The first-order valence-corrected chi connectivity index (χ1v) is 8.26. The number of halogens is 1. The molecule has 2 aromatic rings. The third-order valence-corrected chi connectivity index (χ3v) is 4.40. The lowest BCUT2D eigenvalue weighted by Gasteiger charge is -2.23. The minimum atomic E-state index is 0. The molecule has 0 bridgehead atoms. The molecule has 1 fully saturated rings. The molecule has 1 aromatic carbocycles. The van der Waals surface area contributed by atoms with Gasteiger partial charge < -0.3 is 15.4 Å². The minimum Gasteiger partial charge on any atom is -0.378 e. The normalized spacial score (nSPS) is 17.3. The van der Waals surface area contributed by atoms with Gasteiger partial charge in [0.25, 0.3) is 0 Å². The molecular weight excluding hydrogens is 334 g/mol. The van der Waals surface area contributed by atoms with E-state index in [1.54, 1.807) is 11.3 Å². The number of rotatable bonds is 5. The predicted octanol–water partition coefficient (Wildman–Crippen LogP) is 2.23. The Hall–Kier alpha value is -1.47. The SMILES string of the molecule is Cl.O=C(CC1COCCN1)NCc1scnc1-c1ccccc1. The zero-order chi connectivity index (χ0) is 15.2. The van der Waals surface area contributed by atoms with Crippen LogP contribution in [0.2, 0.25) is 0 Å². The molecule has 1 aliphatic rings. The van der Waals surface area contributed by atoms with Crippen molar-refractivity contribution in [1.82, 2.24) is 15.6 Å². The summed E-state index contributed by atoms with van der Waals surface area (Å²) in [7, 11) is 0. The summed E-state index contributed by atoms with van der Waals surface area (Å²) in [6.07, 6.45) is 0.444. The molecule has 124 valence electrons. The quantitative estimate of drug-likeness (QED) is 0.865. The number of carbonyl (C=O) groups excluding carboxylic acids is 1. The summed E-state index contributed by atoms with van der Waals surface area (Å²) in [6, 6.07) is 10.1. The van der Waals surface area contributed by atoms with E-state index in [1.807, 2.05) is 35.8 Å². The van der Waals surface area contributed by atoms with Crippen LogP contribution < -0.4 is 10.6 Å². The highest BCUT2D eigenvalue weighted by Gasteiger charge is 2.17. The average molecular weight is 354 g/mol. The van der Waals surface area contributed by atoms with E-state index in [2.05, 4.69) is 15.6 Å². The molecule has 0 aliphatic carbocycles. The molecule has 1 aliphatic heterocycles. The monoisotopic (exact) mass is 353 g/mol. The lowest BCUT2D eigenvalue weighted by Crippen LogP contribution is -2.44. The second-order valence-corrected chi connectivity index (χ2v) is 6.14. The van der Waals surface area contributed by atoms with Gasteiger partial charge >= 0.3 is 0 Å². The number of hydrogen-bond acceptors (Lipinski definition) is 5. The van der Waals surface area contributed by atoms with Crippen LogP contribution >= 0.6 is 23.7 Å². The Bertz CT molecular complexity index is 615. The Morgan fingerprint density at radius 2 is 2.22 bits per heavy atom. The minimum absolute atomic E-state index is 0. The summed E-state index contributed by atoms with van der Waals surface area (Å²) in [5, 5.41) is 6.26. The lowest BCUT2D eigenvalue weighted by atomic mass is 10.1. The molecule has 0 radical (unpaired) electrons. The summed E-state index contributed by atoms with van der Waals surface area (Å²) < 4.78 is 5.36. The van der Waals surface area contributed by atoms with Crippen LogP contribution in [-0.2, 0) is 16.1 Å². The van der Waals surface area contributed by atoms with Gasteiger partial charge in [-0.25, -0.2) is 4.98 Å². The van der Waals surface area contributed by atoms with Gasteiger partial charge in [0.15, 0.2) is 0 Å². The topological polar surface area (TPSA) is 63.2 Å². The van der Waals surface area contributed by atoms with Gasteiger partial charge in [-0.05, 0) is 0 Å². The van der Waals surface area contributed by atoms with Crippen molar-refractivity contribution in [3.05, 3.63) is 40.7 Å². The molecule has 5 nitrogen and oxygen atoms in total. The summed E-state index contributed by atoms with van der Waals surface area (Å²) >= 11 is 1.57. The highest BCUT2D eigenvalue weighted by Crippen LogP contribution is 2.24. The largest absolute Gasteiger partial charge is 0.378 e. The van der Waals surface area contributed by atoms with Crippen molar-refractivity contribution in [3.8, 4) is 11.3 Å². The molecule has 2 heterocycles. The molecule has 0 spiro atoms. The number of aromatic nitrogens is 1. The fourth-order valence-electron chi connectivity index (χ4n) is 2.45. The van der Waals surface area contributed by atoms with Crippen LogP contribution in [0.1, 0.15) is 11.3 Å². The Morgan fingerprint density at radius 3 is 2.96 bits per heavy atom. The van der Waals surface area contributed by atoms with Gasteiger partial charge in [0.05, 0.1) is 35.8 Å². The maximum absolute atomic E-state index is 12.0. The number of thiazole rings is 1. The predicted molar refractivity (Wildman–Crippen MR) is 93.9 cm³/mol. The van der Waals surface area contributed by atoms with Crippen LogP contribution in [0.15, 0.2) is 35.8 Å². The second kappa shape index (κ2) is 8.98. The maximum Gasteiger partial charge on any atom is 0.221 e. The third kappa shape index (κ3) is 5.00. The molecule has 3 rings (SSSR count). The van der Waals surface area contributed by atoms with Gasteiger partial charge in [-0.3, -0.25) is 4.79 Å². The highest BCUT2D eigenvalue weighted by molar-refractivity contribution is 7.10. The van der Waals surface area contributed by atoms with Crippen LogP contribution in [0, 0.1) is 0 Å². The number of hydrogen-bond donors (Lipinski definition) is 2. The van der Waals surface area contributed by atoms with Gasteiger partial charge in [0, 0.05) is 24.6 Å². The zero-order valence-electron chi connectivity index (χ0n) is 12.7. The lowest BCUT2D eigenvalue weighted by molar-refractivity contribution is -0.122. The molecular formula is C16H20ClN3O2S. The average Bonchev–Trinajstić information content (AvgIpc) is 3.03. The van der Waals surface area contributed by atoms with E-state index < -0.39 is 0 Å². The molecule has 1 saturated heterocycles. The molecule has 23 heavy (non-hydrogen) atoms. The van der Waals surface area contributed by atoms with Crippen molar-refractivity contribution in [2.75, 3.05) is 19.8 Å². The van der Waals surface area contributed by atoms with Crippen molar-refractivity contribution in [1.29, 1.82) is 0 Å². The molecule has 1 unspecified atom stereocenters. The Labute approximate surface area is 145 Å². The van der Waals surface area contributed by atoms with Gasteiger partial charge in [0.1, 0.15) is 0 Å². The number of amides is 1. The molecule has 1 atom stereocenters. The summed E-state index contributed by atoms with van der Waals surface area (Å²) in [5.41, 5.74) is 3.85. The first-order valence-electron chi connectivity index (χ1n) is 7.38. The summed E-state index contributed by atoms with van der Waals surface area (Å²) in [6.45, 7) is 2.65. The smallest absolute Gasteiger partial charge is 0.221 e. The highest BCUT2D eigenvalue weighted by atomic mass is 35.5. The van der Waals surface area contributed by atoms with E-state index in [1.165, 1.54) is 0 Å². The van der Waals surface area contributed by atoms with Gasteiger partial charge in [-0.1, -0.05) is 30.3 Å². The van der Waals surface area contributed by atoms with E-state index in [9.17, 15) is 4.79 Å². The van der Waals surface area contributed by atoms with Crippen LogP contribution in [0.4, 0.5) is 0 Å². The second-order valence-electron chi connectivity index (χ2n) is 5.20. The number of nitrogens with one attached hydrogen (secondary N) is 2. The van der Waals surface area contributed by atoms with Crippen LogP contribution in [0.5, 0.6) is 0 Å². The Kier molecular flexibility index (Phi) is 6.98. The fourth-order valence-corrected chi connectivity index (χ4v) is 3.18. The first kappa shape index (κ1) is 17.9. The van der Waals surface area contributed by atoms with Crippen molar-refractivity contribution in [2.45, 2.75) is 19.0 Å². The van der Waals surface area contributed by atoms with Crippen molar-refractivity contribution >= 4 is 29.7 Å². The van der Waals surface area contributed by atoms with E-state index in [0.29, 0.717) is 19.6 Å². The number of morpholine rings is 1. The van der Waals surface area contributed by atoms with E-state index in [4.69, 9.17) is 4.74 Å². The first-order chi connectivity index (χ1) is 10.8. The van der Waals surface area contributed by atoms with E-state index in [-0.39, 0.29) is 24.4 Å². The fraction of sp³-hybridized carbons (Fsp3) is 0.375. The number of benzene rings is 1. The zero-order valence-corrected chi connectivity index (χ0v) is 14.3. The number of ether oxygens (including phenoxy) is 1. The van der Waals surface area contributed by atoms with Gasteiger partial charge in [0.2, 0.25) is 5.91 Å².